The fourth-order valence-electron chi connectivity index (χ4n) is 4.23. The average Bonchev–Trinajstić information content (AvgIpc) is 3.24. The summed E-state index contributed by atoms with van der Waals surface area (Å²) in [5, 5.41) is 20.9. The van der Waals surface area contributed by atoms with Crippen LogP contribution in [0.1, 0.15) is 49.5 Å². The molecule has 146 valence electrons. The predicted octanol–water partition coefficient (Wildman–Crippen LogP) is 3.88. The zero-order chi connectivity index (χ0) is 19.0. The summed E-state index contributed by atoms with van der Waals surface area (Å²) in [6, 6.07) is 7.56. The van der Waals surface area contributed by atoms with Crippen LogP contribution in [0.4, 0.5) is 11.5 Å². The Balaban J connectivity index is 1.57. The number of aliphatic hydroxyl groups excluding tert-OH is 1. The van der Waals surface area contributed by atoms with Gasteiger partial charge in [0.25, 0.3) is 0 Å². The van der Waals surface area contributed by atoms with Gasteiger partial charge in [0.2, 0.25) is 0 Å². The van der Waals surface area contributed by atoms with Crippen molar-refractivity contribution in [1.29, 1.82) is 0 Å². The van der Waals surface area contributed by atoms with Gasteiger partial charge in [0.05, 0.1) is 6.10 Å². The first-order chi connectivity index (χ1) is 13.0. The molecule has 1 fully saturated rings. The molecule has 6 heteroatoms. The fraction of sp³-hybridized carbons (Fsp3) is 0.524. The van der Waals surface area contributed by atoms with E-state index in [0.717, 1.165) is 41.4 Å². The maximum absolute atomic E-state index is 10.8. The van der Waals surface area contributed by atoms with Crippen molar-refractivity contribution in [3.05, 3.63) is 35.5 Å². The second kappa shape index (κ2) is 7.44. The van der Waals surface area contributed by atoms with Gasteiger partial charge >= 0.3 is 0 Å². The fourth-order valence-corrected chi connectivity index (χ4v) is 4.23. The number of aromatic nitrogens is 1. The van der Waals surface area contributed by atoms with Crippen LogP contribution in [0.15, 0.2) is 24.3 Å². The molecule has 1 aromatic carbocycles. The van der Waals surface area contributed by atoms with Crippen LogP contribution in [0.2, 0.25) is 0 Å². The number of fused-ring (bicyclic) bond motifs is 1. The molecule has 0 bridgehead atoms. The average molecular weight is 371 g/mol. The van der Waals surface area contributed by atoms with E-state index in [1.807, 2.05) is 42.1 Å². The minimum Gasteiger partial charge on any atom is -0.508 e. The molecule has 1 aliphatic carbocycles. The molecule has 27 heavy (non-hydrogen) atoms. The summed E-state index contributed by atoms with van der Waals surface area (Å²) in [6.45, 7) is 1.09. The highest BCUT2D eigenvalue weighted by Crippen LogP contribution is 2.43. The Hall–Kier alpha value is -2.18. The van der Waals surface area contributed by atoms with Gasteiger partial charge in [-0.2, -0.15) is 0 Å². The lowest BCUT2D eigenvalue weighted by Crippen LogP contribution is -2.19. The Kier molecular flexibility index (Phi) is 5.02. The van der Waals surface area contributed by atoms with Crippen molar-refractivity contribution in [2.45, 2.75) is 44.8 Å². The molecule has 1 atom stereocenters. The van der Waals surface area contributed by atoms with E-state index < -0.39 is 6.10 Å². The Bertz CT molecular complexity index is 796. The summed E-state index contributed by atoms with van der Waals surface area (Å²) in [7, 11) is 3.96. The summed E-state index contributed by atoms with van der Waals surface area (Å²) >= 11 is 0. The first kappa shape index (κ1) is 18.2. The number of aromatic hydroxyl groups is 1. The molecule has 4 rings (SSSR count). The smallest absolute Gasteiger partial charge is 0.167 e. The standard InChI is InChI=1S/C21H29N3O3/c1-23(2)12-15-10-16(8-9-18(15)25)24-13-27-19-11-17(22-21(19)24)20(26)14-6-4-3-5-7-14/h8-11,14,20,22,25-26H,3-7,12-13H2,1-2H3. The van der Waals surface area contributed by atoms with Crippen molar-refractivity contribution in [3.8, 4) is 11.5 Å². The molecule has 6 nitrogen and oxygen atoms in total. The number of anilines is 2. The van der Waals surface area contributed by atoms with Gasteiger partial charge in [0.15, 0.2) is 18.3 Å². The highest BCUT2D eigenvalue weighted by molar-refractivity contribution is 5.70. The summed E-state index contributed by atoms with van der Waals surface area (Å²) in [5.74, 6) is 2.28. The van der Waals surface area contributed by atoms with Crippen molar-refractivity contribution in [1.82, 2.24) is 9.88 Å². The number of nitrogens with zero attached hydrogens (tertiary/aromatic N) is 2. The summed E-state index contributed by atoms with van der Waals surface area (Å²) < 4.78 is 5.85. The van der Waals surface area contributed by atoms with E-state index in [9.17, 15) is 10.2 Å². The third-order valence-corrected chi connectivity index (χ3v) is 5.68. The lowest BCUT2D eigenvalue weighted by molar-refractivity contribution is 0.0815. The minimum atomic E-state index is -0.467. The molecule has 0 radical (unpaired) electrons. The topological polar surface area (TPSA) is 72.0 Å². The number of H-pyrrole nitrogens is 1. The lowest BCUT2D eigenvalue weighted by Gasteiger charge is -2.26. The van der Waals surface area contributed by atoms with E-state index in [4.69, 9.17) is 4.74 Å². The minimum absolute atomic E-state index is 0.299. The predicted molar refractivity (Wildman–Crippen MR) is 105 cm³/mol. The number of phenols is 1. The van der Waals surface area contributed by atoms with Crippen molar-refractivity contribution >= 4 is 11.5 Å². The molecule has 2 aromatic rings. The van der Waals surface area contributed by atoms with E-state index in [2.05, 4.69) is 4.98 Å². The van der Waals surface area contributed by atoms with Crippen molar-refractivity contribution in [2.24, 2.45) is 5.92 Å². The first-order valence-electron chi connectivity index (χ1n) is 9.81. The molecule has 1 aromatic heterocycles. The number of aliphatic hydroxyl groups is 1. The maximum atomic E-state index is 10.8. The molecule has 1 unspecified atom stereocenters. The Morgan fingerprint density at radius 3 is 2.74 bits per heavy atom. The molecule has 2 heterocycles. The van der Waals surface area contributed by atoms with Gasteiger partial charge in [-0.15, -0.1) is 0 Å². The molecule has 1 saturated carbocycles. The lowest BCUT2D eigenvalue weighted by atomic mass is 9.84. The van der Waals surface area contributed by atoms with Crippen molar-refractivity contribution in [2.75, 3.05) is 25.7 Å². The van der Waals surface area contributed by atoms with E-state index in [1.54, 1.807) is 6.07 Å². The second-order valence-electron chi connectivity index (χ2n) is 8.03. The molecular weight excluding hydrogens is 342 g/mol. The molecule has 2 aliphatic rings. The van der Waals surface area contributed by atoms with Crippen LogP contribution in [0.3, 0.4) is 0 Å². The summed E-state index contributed by atoms with van der Waals surface area (Å²) in [6.07, 6.45) is 5.38. The number of benzene rings is 1. The largest absolute Gasteiger partial charge is 0.508 e. The number of hydrogen-bond acceptors (Lipinski definition) is 5. The highest BCUT2D eigenvalue weighted by Gasteiger charge is 2.30. The van der Waals surface area contributed by atoms with Crippen LogP contribution in [0, 0.1) is 5.92 Å². The number of hydrogen-bond donors (Lipinski definition) is 3. The Labute approximate surface area is 160 Å². The number of ether oxygens (including phenoxy) is 1. The Morgan fingerprint density at radius 2 is 2.00 bits per heavy atom. The van der Waals surface area contributed by atoms with Gasteiger partial charge in [0.1, 0.15) is 5.75 Å². The molecule has 0 amide bonds. The van der Waals surface area contributed by atoms with E-state index >= 15 is 0 Å². The van der Waals surface area contributed by atoms with Gasteiger partial charge < -0.3 is 24.8 Å². The van der Waals surface area contributed by atoms with Gasteiger partial charge in [-0.25, -0.2) is 0 Å². The number of rotatable bonds is 5. The molecular formula is C21H29N3O3. The SMILES string of the molecule is CN(C)Cc1cc(N2COc3cc(C(O)C4CCCCC4)[nH]c32)ccc1O. The van der Waals surface area contributed by atoms with E-state index in [-0.39, 0.29) is 0 Å². The Morgan fingerprint density at radius 1 is 1.22 bits per heavy atom. The zero-order valence-corrected chi connectivity index (χ0v) is 16.1. The van der Waals surface area contributed by atoms with Crippen LogP contribution in [-0.2, 0) is 6.54 Å². The summed E-state index contributed by atoms with van der Waals surface area (Å²) in [4.78, 5) is 7.46. The number of phenolic OH excluding ortho intramolecular Hbond substituents is 1. The van der Waals surface area contributed by atoms with Crippen molar-refractivity contribution in [3.63, 3.8) is 0 Å². The monoisotopic (exact) mass is 371 g/mol. The van der Waals surface area contributed by atoms with Gasteiger partial charge in [0, 0.05) is 29.6 Å². The summed E-state index contributed by atoms with van der Waals surface area (Å²) in [5.41, 5.74) is 2.67. The normalized spacial score (nSPS) is 18.6. The van der Waals surface area contributed by atoms with Gasteiger partial charge in [-0.05, 0) is 51.1 Å². The van der Waals surface area contributed by atoms with Gasteiger partial charge in [-0.1, -0.05) is 19.3 Å². The third kappa shape index (κ3) is 3.64. The van der Waals surface area contributed by atoms with Crippen LogP contribution in [0.5, 0.6) is 11.5 Å². The molecule has 0 spiro atoms. The highest BCUT2D eigenvalue weighted by atomic mass is 16.5. The van der Waals surface area contributed by atoms with Crippen LogP contribution < -0.4 is 9.64 Å². The van der Waals surface area contributed by atoms with Crippen molar-refractivity contribution < 1.29 is 14.9 Å². The first-order valence-corrected chi connectivity index (χ1v) is 9.81. The molecule has 3 N–H and O–H groups in total. The number of aromatic amines is 1. The second-order valence-corrected chi connectivity index (χ2v) is 8.03. The zero-order valence-electron chi connectivity index (χ0n) is 16.1. The molecule has 0 saturated heterocycles. The molecule has 1 aliphatic heterocycles. The van der Waals surface area contributed by atoms with Crippen LogP contribution >= 0.6 is 0 Å². The maximum Gasteiger partial charge on any atom is 0.167 e. The van der Waals surface area contributed by atoms with Gasteiger partial charge in [-0.3, -0.25) is 4.90 Å². The van der Waals surface area contributed by atoms with Crippen LogP contribution in [0.25, 0.3) is 0 Å². The van der Waals surface area contributed by atoms with Crippen LogP contribution in [-0.4, -0.2) is 40.9 Å². The quantitative estimate of drug-likeness (QED) is 0.744. The third-order valence-electron chi connectivity index (χ3n) is 5.68. The van der Waals surface area contributed by atoms with E-state index in [0.29, 0.717) is 24.9 Å². The van der Waals surface area contributed by atoms with E-state index in [1.165, 1.54) is 19.3 Å². The number of nitrogens with one attached hydrogen (secondary N) is 1.